The maximum Gasteiger partial charge on any atom is 0.126 e. The van der Waals surface area contributed by atoms with E-state index in [1.54, 1.807) is 22.9 Å². The van der Waals surface area contributed by atoms with Gasteiger partial charge in [-0.2, -0.15) is 5.10 Å². The molecule has 0 fully saturated rings. The van der Waals surface area contributed by atoms with Gasteiger partial charge in [0.05, 0.1) is 24.0 Å². The van der Waals surface area contributed by atoms with Gasteiger partial charge in [-0.3, -0.25) is 4.68 Å². The Hall–Kier alpha value is -1.23. The van der Waals surface area contributed by atoms with E-state index >= 15 is 0 Å². The second-order valence-electron chi connectivity index (χ2n) is 3.98. The largest absolute Gasteiger partial charge is 0.496 e. The van der Waals surface area contributed by atoms with Gasteiger partial charge in [-0.1, -0.05) is 23.2 Å². The van der Waals surface area contributed by atoms with Gasteiger partial charge in [-0.15, -0.1) is 0 Å². The van der Waals surface area contributed by atoms with Crippen LogP contribution in [0.25, 0.3) is 0 Å². The minimum Gasteiger partial charge on any atom is -0.496 e. The highest BCUT2D eigenvalue weighted by Crippen LogP contribution is 2.34. The molecule has 102 valence electrons. The number of aliphatic hydroxyl groups excluding tert-OH is 1. The lowest BCUT2D eigenvalue weighted by molar-refractivity contribution is 0.203. The number of aryl methyl sites for hydroxylation is 1. The molecule has 1 atom stereocenters. The van der Waals surface area contributed by atoms with Crippen molar-refractivity contribution in [3.05, 3.63) is 45.7 Å². The number of aliphatic hydroxyl groups is 1. The molecule has 0 bridgehead atoms. The van der Waals surface area contributed by atoms with E-state index in [-0.39, 0.29) is 0 Å². The third-order valence-corrected chi connectivity index (χ3v) is 3.40. The fourth-order valence-electron chi connectivity index (χ4n) is 1.96. The number of nitrogens with zero attached hydrogens (tertiary/aromatic N) is 2. The fraction of sp³-hybridized carbons (Fsp3) is 0.308. The zero-order chi connectivity index (χ0) is 14.0. The van der Waals surface area contributed by atoms with Crippen molar-refractivity contribution in [2.75, 3.05) is 7.11 Å². The summed E-state index contributed by atoms with van der Waals surface area (Å²) in [6.45, 7) is 2.54. The first-order valence-electron chi connectivity index (χ1n) is 5.81. The summed E-state index contributed by atoms with van der Waals surface area (Å²) in [7, 11) is 1.54. The number of hydrogen-bond acceptors (Lipinski definition) is 3. The van der Waals surface area contributed by atoms with Crippen LogP contribution in [0.3, 0.4) is 0 Å². The molecular formula is C13H14Cl2N2O2. The number of methoxy groups -OCH3 is 1. The summed E-state index contributed by atoms with van der Waals surface area (Å²) < 4.78 is 6.89. The Bertz CT molecular complexity index is 584. The van der Waals surface area contributed by atoms with Crippen LogP contribution < -0.4 is 4.74 Å². The Morgan fingerprint density at radius 2 is 2.16 bits per heavy atom. The van der Waals surface area contributed by atoms with Gasteiger partial charge in [0, 0.05) is 17.1 Å². The summed E-state index contributed by atoms with van der Waals surface area (Å²) in [6.07, 6.45) is 0.573. The maximum absolute atomic E-state index is 10.5. The lowest BCUT2D eigenvalue weighted by Gasteiger charge is -2.16. The van der Waals surface area contributed by atoms with Crippen LogP contribution in [-0.2, 0) is 6.54 Å². The molecule has 1 heterocycles. The summed E-state index contributed by atoms with van der Waals surface area (Å²) in [5.74, 6) is 0.553. The van der Waals surface area contributed by atoms with Crippen LogP contribution in [0, 0.1) is 0 Å². The van der Waals surface area contributed by atoms with E-state index in [1.807, 2.05) is 6.92 Å². The van der Waals surface area contributed by atoms with Gasteiger partial charge in [-0.25, -0.2) is 0 Å². The standard InChI is InChI=1S/C13H14Cl2N2O2/c1-3-17-12(10(15)7-16-17)13(18)9-6-8(14)4-5-11(9)19-2/h4-7,13,18H,3H2,1-2H3. The van der Waals surface area contributed by atoms with Crippen LogP contribution in [-0.4, -0.2) is 22.0 Å². The smallest absolute Gasteiger partial charge is 0.126 e. The Labute approximate surface area is 121 Å². The quantitative estimate of drug-likeness (QED) is 0.942. The molecule has 0 amide bonds. The van der Waals surface area contributed by atoms with Gasteiger partial charge < -0.3 is 9.84 Å². The number of benzene rings is 1. The van der Waals surface area contributed by atoms with Crippen LogP contribution >= 0.6 is 23.2 Å². The van der Waals surface area contributed by atoms with Crippen LogP contribution in [0.15, 0.2) is 24.4 Å². The van der Waals surface area contributed by atoms with Crippen molar-refractivity contribution in [1.82, 2.24) is 9.78 Å². The zero-order valence-electron chi connectivity index (χ0n) is 10.6. The molecule has 1 unspecified atom stereocenters. The van der Waals surface area contributed by atoms with Crippen molar-refractivity contribution in [3.63, 3.8) is 0 Å². The average molecular weight is 301 g/mol. The molecule has 19 heavy (non-hydrogen) atoms. The Balaban J connectivity index is 2.51. The van der Waals surface area contributed by atoms with Crippen molar-refractivity contribution in [3.8, 4) is 5.75 Å². The van der Waals surface area contributed by atoms with Crippen molar-refractivity contribution in [1.29, 1.82) is 0 Å². The predicted molar refractivity (Wildman–Crippen MR) is 75.0 cm³/mol. The number of aromatic nitrogens is 2. The van der Waals surface area contributed by atoms with E-state index in [9.17, 15) is 5.11 Å². The minimum absolute atomic E-state index is 0.413. The number of hydrogen-bond donors (Lipinski definition) is 1. The molecule has 0 saturated carbocycles. The van der Waals surface area contributed by atoms with E-state index in [1.165, 1.54) is 13.3 Å². The minimum atomic E-state index is -0.941. The first-order valence-corrected chi connectivity index (χ1v) is 6.56. The van der Waals surface area contributed by atoms with E-state index < -0.39 is 6.10 Å². The second kappa shape index (κ2) is 5.82. The third kappa shape index (κ3) is 2.71. The summed E-state index contributed by atoms with van der Waals surface area (Å²) in [4.78, 5) is 0. The average Bonchev–Trinajstić information content (AvgIpc) is 2.79. The van der Waals surface area contributed by atoms with Crippen molar-refractivity contribution in [2.45, 2.75) is 19.6 Å². The van der Waals surface area contributed by atoms with Crippen LogP contribution in [0.5, 0.6) is 5.75 Å². The van der Waals surface area contributed by atoms with Crippen LogP contribution in [0.4, 0.5) is 0 Å². The third-order valence-electron chi connectivity index (χ3n) is 2.88. The zero-order valence-corrected chi connectivity index (χ0v) is 12.1. The number of halogens is 2. The maximum atomic E-state index is 10.5. The Morgan fingerprint density at radius 3 is 2.79 bits per heavy atom. The molecule has 0 saturated heterocycles. The lowest BCUT2D eigenvalue weighted by Crippen LogP contribution is -2.10. The SMILES string of the molecule is CCn1ncc(Cl)c1C(O)c1cc(Cl)ccc1OC. The second-order valence-corrected chi connectivity index (χ2v) is 4.83. The first kappa shape index (κ1) is 14.2. The molecule has 0 aliphatic heterocycles. The van der Waals surface area contributed by atoms with Gasteiger partial charge in [-0.05, 0) is 25.1 Å². The molecule has 0 spiro atoms. The van der Waals surface area contributed by atoms with Crippen molar-refractivity contribution in [2.24, 2.45) is 0 Å². The molecule has 2 rings (SSSR count). The number of ether oxygens (including phenoxy) is 1. The van der Waals surface area contributed by atoms with Gasteiger partial charge in [0.15, 0.2) is 0 Å². The van der Waals surface area contributed by atoms with Crippen LogP contribution in [0.2, 0.25) is 10.0 Å². The fourth-order valence-corrected chi connectivity index (χ4v) is 2.39. The highest BCUT2D eigenvalue weighted by atomic mass is 35.5. The highest BCUT2D eigenvalue weighted by Gasteiger charge is 2.22. The van der Waals surface area contributed by atoms with E-state index in [4.69, 9.17) is 27.9 Å². The van der Waals surface area contributed by atoms with Gasteiger partial charge in [0.1, 0.15) is 11.9 Å². The molecule has 1 N–H and O–H groups in total. The van der Waals surface area contributed by atoms with Gasteiger partial charge in [0.2, 0.25) is 0 Å². The molecule has 0 radical (unpaired) electrons. The topological polar surface area (TPSA) is 47.3 Å². The van der Waals surface area contributed by atoms with Gasteiger partial charge in [0.25, 0.3) is 0 Å². The van der Waals surface area contributed by atoms with Crippen molar-refractivity contribution < 1.29 is 9.84 Å². The molecule has 0 aliphatic rings. The molecule has 6 heteroatoms. The molecule has 0 aliphatic carbocycles. The van der Waals surface area contributed by atoms with E-state index in [2.05, 4.69) is 5.10 Å². The highest BCUT2D eigenvalue weighted by molar-refractivity contribution is 6.31. The molecule has 4 nitrogen and oxygen atoms in total. The van der Waals surface area contributed by atoms with Crippen LogP contribution in [0.1, 0.15) is 24.3 Å². The van der Waals surface area contributed by atoms with Gasteiger partial charge >= 0.3 is 0 Å². The molecule has 2 aromatic rings. The Morgan fingerprint density at radius 1 is 1.42 bits per heavy atom. The number of rotatable bonds is 4. The molecular weight excluding hydrogens is 287 g/mol. The predicted octanol–water partition coefficient (Wildman–Crippen LogP) is 3.30. The van der Waals surface area contributed by atoms with E-state index in [0.29, 0.717) is 33.6 Å². The first-order chi connectivity index (χ1) is 9.08. The normalized spacial score (nSPS) is 12.5. The summed E-state index contributed by atoms with van der Waals surface area (Å²) in [5.41, 5.74) is 1.09. The monoisotopic (exact) mass is 300 g/mol. The summed E-state index contributed by atoms with van der Waals surface area (Å²) in [5, 5.41) is 15.6. The summed E-state index contributed by atoms with van der Waals surface area (Å²) in [6, 6.07) is 5.07. The Kier molecular flexibility index (Phi) is 4.34. The van der Waals surface area contributed by atoms with E-state index in [0.717, 1.165) is 0 Å². The lowest BCUT2D eigenvalue weighted by atomic mass is 10.1. The molecule has 1 aromatic carbocycles. The molecule has 1 aromatic heterocycles. The van der Waals surface area contributed by atoms with Crippen molar-refractivity contribution >= 4 is 23.2 Å². The summed E-state index contributed by atoms with van der Waals surface area (Å²) >= 11 is 12.1.